The fraction of sp³-hybridized carbons (Fsp3) is 0.294. The summed E-state index contributed by atoms with van der Waals surface area (Å²) in [7, 11) is 0. The molecule has 102 valence electrons. The van der Waals surface area contributed by atoms with Gasteiger partial charge < -0.3 is 10.3 Å². The normalized spacial score (nSPS) is 16.8. The maximum atomic E-state index is 3.45. The molecule has 3 heterocycles. The molecule has 0 saturated carbocycles. The van der Waals surface area contributed by atoms with Gasteiger partial charge in [-0.3, -0.25) is 0 Å². The van der Waals surface area contributed by atoms with Crippen molar-refractivity contribution in [3.63, 3.8) is 0 Å². The van der Waals surface area contributed by atoms with Crippen LogP contribution in [-0.4, -0.2) is 18.1 Å². The lowest BCUT2D eigenvalue weighted by atomic mass is 9.89. The van der Waals surface area contributed by atoms with Gasteiger partial charge in [0.15, 0.2) is 0 Å². The van der Waals surface area contributed by atoms with Crippen LogP contribution in [0.1, 0.15) is 24.3 Å². The molecule has 1 fully saturated rings. The quantitative estimate of drug-likeness (QED) is 0.718. The zero-order chi connectivity index (χ0) is 13.4. The summed E-state index contributed by atoms with van der Waals surface area (Å²) in [6.07, 6.45) is 4.71. The average molecular weight is 282 g/mol. The number of aromatic amines is 1. The minimum absolute atomic E-state index is 0.697. The van der Waals surface area contributed by atoms with E-state index in [4.69, 9.17) is 0 Å². The van der Waals surface area contributed by atoms with Crippen molar-refractivity contribution in [2.24, 2.45) is 0 Å². The number of benzene rings is 1. The molecule has 0 atom stereocenters. The predicted octanol–water partition coefficient (Wildman–Crippen LogP) is 4.36. The van der Waals surface area contributed by atoms with E-state index in [1.807, 2.05) is 0 Å². The number of nitrogens with one attached hydrogen (secondary N) is 2. The minimum atomic E-state index is 0.697. The van der Waals surface area contributed by atoms with Crippen molar-refractivity contribution >= 4 is 22.2 Å². The Labute approximate surface area is 122 Å². The lowest BCUT2D eigenvalue weighted by Gasteiger charge is -2.22. The van der Waals surface area contributed by atoms with Gasteiger partial charge in [-0.15, -0.1) is 0 Å². The van der Waals surface area contributed by atoms with Crippen molar-refractivity contribution in [3.8, 4) is 11.1 Å². The predicted molar refractivity (Wildman–Crippen MR) is 86.5 cm³/mol. The number of piperidine rings is 1. The zero-order valence-corrected chi connectivity index (χ0v) is 12.2. The minimum Gasteiger partial charge on any atom is -0.361 e. The standard InChI is InChI=1S/C17H18N2S/c1-2-17-15(9-13(1)14-5-8-20-11-14)16(10-19-17)12-3-6-18-7-4-12/h1-2,5,8-12,18-19H,3-4,6-7H2. The molecular weight excluding hydrogens is 264 g/mol. The highest BCUT2D eigenvalue weighted by atomic mass is 32.1. The van der Waals surface area contributed by atoms with Gasteiger partial charge in [-0.05, 0) is 77.5 Å². The van der Waals surface area contributed by atoms with Crippen molar-refractivity contribution in [2.45, 2.75) is 18.8 Å². The summed E-state index contributed by atoms with van der Waals surface area (Å²) in [4.78, 5) is 3.44. The second-order valence-electron chi connectivity index (χ2n) is 5.54. The van der Waals surface area contributed by atoms with Crippen LogP contribution in [0.4, 0.5) is 0 Å². The smallest absolute Gasteiger partial charge is 0.0457 e. The van der Waals surface area contributed by atoms with Crippen molar-refractivity contribution in [1.29, 1.82) is 0 Å². The first-order chi connectivity index (χ1) is 9.92. The van der Waals surface area contributed by atoms with E-state index in [0.29, 0.717) is 5.92 Å². The van der Waals surface area contributed by atoms with Gasteiger partial charge >= 0.3 is 0 Å². The molecule has 1 saturated heterocycles. The van der Waals surface area contributed by atoms with E-state index in [9.17, 15) is 0 Å². The first kappa shape index (κ1) is 12.2. The van der Waals surface area contributed by atoms with Crippen LogP contribution in [0.25, 0.3) is 22.0 Å². The summed E-state index contributed by atoms with van der Waals surface area (Å²) >= 11 is 1.76. The summed E-state index contributed by atoms with van der Waals surface area (Å²) < 4.78 is 0. The first-order valence-electron chi connectivity index (χ1n) is 7.26. The molecule has 0 unspecified atom stereocenters. The van der Waals surface area contributed by atoms with Crippen LogP contribution < -0.4 is 5.32 Å². The van der Waals surface area contributed by atoms with Crippen LogP contribution in [0, 0.1) is 0 Å². The molecule has 2 aromatic heterocycles. The highest BCUT2D eigenvalue weighted by molar-refractivity contribution is 7.08. The van der Waals surface area contributed by atoms with Crippen LogP contribution in [0.3, 0.4) is 0 Å². The SMILES string of the molecule is c1cc(-c2ccc3[nH]cc(C4CCNCC4)c3c2)cs1. The van der Waals surface area contributed by atoms with Crippen LogP contribution in [0.2, 0.25) is 0 Å². The number of H-pyrrole nitrogens is 1. The third-order valence-corrected chi connectivity index (χ3v) is 5.03. The highest BCUT2D eigenvalue weighted by Crippen LogP contribution is 2.34. The van der Waals surface area contributed by atoms with E-state index >= 15 is 0 Å². The van der Waals surface area contributed by atoms with Crippen LogP contribution >= 0.6 is 11.3 Å². The number of aromatic nitrogens is 1. The van der Waals surface area contributed by atoms with Crippen LogP contribution in [-0.2, 0) is 0 Å². The molecule has 0 radical (unpaired) electrons. The van der Waals surface area contributed by atoms with Gasteiger partial charge in [-0.2, -0.15) is 11.3 Å². The monoisotopic (exact) mass is 282 g/mol. The number of hydrogen-bond acceptors (Lipinski definition) is 2. The second-order valence-corrected chi connectivity index (χ2v) is 6.32. The number of rotatable bonds is 2. The van der Waals surface area contributed by atoms with Crippen LogP contribution in [0.5, 0.6) is 0 Å². The van der Waals surface area contributed by atoms with E-state index in [1.165, 1.54) is 40.4 Å². The zero-order valence-electron chi connectivity index (χ0n) is 11.4. The summed E-state index contributed by atoms with van der Waals surface area (Å²) in [6.45, 7) is 2.28. The van der Waals surface area contributed by atoms with Crippen molar-refractivity contribution in [3.05, 3.63) is 46.8 Å². The molecule has 2 nitrogen and oxygen atoms in total. The van der Waals surface area contributed by atoms with Gasteiger partial charge in [0.05, 0.1) is 0 Å². The second kappa shape index (κ2) is 5.08. The van der Waals surface area contributed by atoms with E-state index in [1.54, 1.807) is 11.3 Å². The van der Waals surface area contributed by atoms with Gasteiger partial charge in [0.25, 0.3) is 0 Å². The molecule has 3 heteroatoms. The molecular formula is C17H18N2S. The van der Waals surface area contributed by atoms with Crippen molar-refractivity contribution in [1.82, 2.24) is 10.3 Å². The van der Waals surface area contributed by atoms with Crippen LogP contribution in [0.15, 0.2) is 41.2 Å². The van der Waals surface area contributed by atoms with E-state index < -0.39 is 0 Å². The molecule has 3 aromatic rings. The Morgan fingerprint density at radius 3 is 2.75 bits per heavy atom. The number of fused-ring (bicyclic) bond motifs is 1. The molecule has 0 aliphatic carbocycles. The molecule has 20 heavy (non-hydrogen) atoms. The Morgan fingerprint density at radius 1 is 1.05 bits per heavy atom. The van der Waals surface area contributed by atoms with Gasteiger partial charge in [0.1, 0.15) is 0 Å². The Hall–Kier alpha value is -1.58. The highest BCUT2D eigenvalue weighted by Gasteiger charge is 2.18. The molecule has 1 aromatic carbocycles. The van der Waals surface area contributed by atoms with Gasteiger partial charge in [0.2, 0.25) is 0 Å². The van der Waals surface area contributed by atoms with Gasteiger partial charge in [-0.1, -0.05) is 6.07 Å². The fourth-order valence-corrected chi connectivity index (χ4v) is 3.89. The van der Waals surface area contributed by atoms with Gasteiger partial charge in [0, 0.05) is 17.1 Å². The Bertz CT molecular complexity index is 706. The Morgan fingerprint density at radius 2 is 1.95 bits per heavy atom. The summed E-state index contributed by atoms with van der Waals surface area (Å²) in [5.41, 5.74) is 5.42. The maximum Gasteiger partial charge on any atom is 0.0457 e. The third-order valence-electron chi connectivity index (χ3n) is 4.35. The maximum absolute atomic E-state index is 3.45. The van der Waals surface area contributed by atoms with Crippen molar-refractivity contribution in [2.75, 3.05) is 13.1 Å². The third kappa shape index (κ3) is 2.07. The number of hydrogen-bond donors (Lipinski definition) is 2. The fourth-order valence-electron chi connectivity index (χ4n) is 3.22. The van der Waals surface area contributed by atoms with E-state index in [2.05, 4.69) is 51.5 Å². The molecule has 1 aliphatic heterocycles. The lowest BCUT2D eigenvalue weighted by molar-refractivity contribution is 0.462. The molecule has 1 aliphatic rings. The Kier molecular flexibility index (Phi) is 3.09. The average Bonchev–Trinajstić information content (AvgIpc) is 3.17. The molecule has 0 spiro atoms. The number of thiophene rings is 1. The topological polar surface area (TPSA) is 27.8 Å². The summed E-state index contributed by atoms with van der Waals surface area (Å²) in [6, 6.07) is 8.98. The molecule has 2 N–H and O–H groups in total. The summed E-state index contributed by atoms with van der Waals surface area (Å²) in [5, 5.41) is 9.22. The van der Waals surface area contributed by atoms with Gasteiger partial charge in [-0.25, -0.2) is 0 Å². The van der Waals surface area contributed by atoms with E-state index in [0.717, 1.165) is 13.1 Å². The largest absolute Gasteiger partial charge is 0.361 e. The molecule has 0 amide bonds. The van der Waals surface area contributed by atoms with E-state index in [-0.39, 0.29) is 0 Å². The lowest BCUT2D eigenvalue weighted by Crippen LogP contribution is -2.26. The molecule has 0 bridgehead atoms. The summed E-state index contributed by atoms with van der Waals surface area (Å²) in [5.74, 6) is 0.697. The Balaban J connectivity index is 1.79. The first-order valence-corrected chi connectivity index (χ1v) is 8.20. The van der Waals surface area contributed by atoms with Crippen molar-refractivity contribution < 1.29 is 0 Å². The molecule has 4 rings (SSSR count).